The van der Waals surface area contributed by atoms with Crippen LogP contribution in [0, 0.1) is 0 Å². The van der Waals surface area contributed by atoms with Gasteiger partial charge in [0.25, 0.3) is 5.91 Å². The van der Waals surface area contributed by atoms with Crippen LogP contribution in [0.25, 0.3) is 11.1 Å². The van der Waals surface area contributed by atoms with Gasteiger partial charge in [-0.2, -0.15) is 0 Å². The Kier molecular flexibility index (Phi) is 3.76. The number of carbonyl (C=O) groups is 1. The second-order valence-corrected chi connectivity index (χ2v) is 4.75. The Morgan fingerprint density at radius 2 is 1.83 bits per heavy atom. The van der Waals surface area contributed by atoms with Crippen molar-refractivity contribution in [3.63, 3.8) is 0 Å². The minimum atomic E-state index is -4.79. The van der Waals surface area contributed by atoms with Gasteiger partial charge in [-0.1, -0.05) is 0 Å². The zero-order chi connectivity index (χ0) is 17.3. The van der Waals surface area contributed by atoms with Crippen LogP contribution in [-0.4, -0.2) is 17.3 Å². The first-order chi connectivity index (χ1) is 11.3. The molecule has 1 amide bonds. The van der Waals surface area contributed by atoms with Gasteiger partial charge in [0.05, 0.1) is 5.52 Å². The number of aromatic amines is 1. The third-order valence-corrected chi connectivity index (χ3v) is 3.03. The smallest absolute Gasteiger partial charge is 0.408 e. The average molecular weight is 338 g/mol. The lowest BCUT2D eigenvalue weighted by Gasteiger charge is -2.09. The van der Waals surface area contributed by atoms with Crippen molar-refractivity contribution in [2.45, 2.75) is 6.36 Å². The van der Waals surface area contributed by atoms with E-state index in [1.807, 2.05) is 0 Å². The van der Waals surface area contributed by atoms with Crippen molar-refractivity contribution in [1.82, 2.24) is 4.98 Å². The molecule has 0 aliphatic heterocycles. The predicted octanol–water partition coefficient (Wildman–Crippen LogP) is 3.27. The zero-order valence-electron chi connectivity index (χ0n) is 11.8. The van der Waals surface area contributed by atoms with Crippen LogP contribution < -0.4 is 15.8 Å². The number of carbonyl (C=O) groups excluding carboxylic acids is 1. The number of hydrogen-bond acceptors (Lipinski definition) is 4. The van der Waals surface area contributed by atoms with Crippen LogP contribution in [0.15, 0.2) is 51.7 Å². The molecule has 0 unspecified atom stereocenters. The molecule has 0 saturated heterocycles. The van der Waals surface area contributed by atoms with Gasteiger partial charge >= 0.3 is 12.1 Å². The molecule has 3 aromatic rings. The lowest BCUT2D eigenvalue weighted by Crippen LogP contribution is -2.17. The van der Waals surface area contributed by atoms with Gasteiger partial charge in [-0.3, -0.25) is 9.78 Å². The largest absolute Gasteiger partial charge is 0.573 e. The molecule has 9 heteroatoms. The van der Waals surface area contributed by atoms with Crippen molar-refractivity contribution in [3.8, 4) is 5.75 Å². The van der Waals surface area contributed by atoms with Gasteiger partial charge in [0.15, 0.2) is 5.58 Å². The molecule has 0 radical (unpaired) electrons. The standard InChI is InChI=1S/C15H9F3N2O4/c16-15(17,18)24-10-4-1-8(2-5-10)13(21)19-9-3-6-12-11(7-9)20-14(22)23-12/h1-7H,(H,19,21)(H,20,22). The minimum Gasteiger partial charge on any atom is -0.408 e. The molecule has 0 bridgehead atoms. The number of alkyl halides is 3. The first kappa shape index (κ1) is 15.7. The van der Waals surface area contributed by atoms with E-state index < -0.39 is 23.8 Å². The number of H-pyrrole nitrogens is 1. The van der Waals surface area contributed by atoms with Crippen molar-refractivity contribution < 1.29 is 27.1 Å². The number of oxazole rings is 1. The summed E-state index contributed by atoms with van der Waals surface area (Å²) in [5.74, 6) is -1.57. The van der Waals surface area contributed by atoms with Gasteiger partial charge in [0, 0.05) is 11.3 Å². The fraction of sp³-hybridized carbons (Fsp3) is 0.0667. The van der Waals surface area contributed by atoms with Crippen LogP contribution in [0.3, 0.4) is 0 Å². The molecule has 6 nitrogen and oxygen atoms in total. The summed E-state index contributed by atoms with van der Waals surface area (Å²) in [6.45, 7) is 0. The molecule has 2 N–H and O–H groups in total. The SMILES string of the molecule is O=C(Nc1ccc2oc(=O)[nH]c2c1)c1ccc(OC(F)(F)F)cc1. The van der Waals surface area contributed by atoms with Crippen molar-refractivity contribution in [2.75, 3.05) is 5.32 Å². The van der Waals surface area contributed by atoms with E-state index in [2.05, 4.69) is 15.0 Å². The summed E-state index contributed by atoms with van der Waals surface area (Å²) in [5.41, 5.74) is 1.28. The number of fused-ring (bicyclic) bond motifs is 1. The molecule has 2 aromatic carbocycles. The summed E-state index contributed by atoms with van der Waals surface area (Å²) in [6.07, 6.45) is -4.79. The van der Waals surface area contributed by atoms with Crippen molar-refractivity contribution >= 4 is 22.7 Å². The number of benzene rings is 2. The quantitative estimate of drug-likeness (QED) is 0.768. The van der Waals surface area contributed by atoms with Crippen LogP contribution in [0.2, 0.25) is 0 Å². The normalized spacial score (nSPS) is 11.5. The van der Waals surface area contributed by atoms with E-state index in [0.29, 0.717) is 16.8 Å². The van der Waals surface area contributed by atoms with Crippen LogP contribution in [0.5, 0.6) is 5.75 Å². The molecule has 0 atom stereocenters. The number of amides is 1. The number of rotatable bonds is 3. The van der Waals surface area contributed by atoms with Gasteiger partial charge < -0.3 is 14.5 Å². The number of ether oxygens (including phenoxy) is 1. The summed E-state index contributed by atoms with van der Waals surface area (Å²) in [5, 5.41) is 2.56. The summed E-state index contributed by atoms with van der Waals surface area (Å²) in [6, 6.07) is 9.02. The molecule has 1 aromatic heterocycles. The maximum atomic E-state index is 12.1. The van der Waals surface area contributed by atoms with E-state index in [1.54, 1.807) is 0 Å². The Labute approximate surface area is 131 Å². The Morgan fingerprint density at radius 3 is 2.50 bits per heavy atom. The molecular weight excluding hydrogens is 329 g/mol. The number of aromatic nitrogens is 1. The lowest BCUT2D eigenvalue weighted by atomic mass is 10.2. The summed E-state index contributed by atoms with van der Waals surface area (Å²) in [7, 11) is 0. The maximum absolute atomic E-state index is 12.1. The van der Waals surface area contributed by atoms with Gasteiger partial charge in [-0.15, -0.1) is 13.2 Å². The van der Waals surface area contributed by atoms with Gasteiger partial charge in [0.2, 0.25) is 0 Å². The van der Waals surface area contributed by atoms with E-state index in [9.17, 15) is 22.8 Å². The molecule has 1 heterocycles. The van der Waals surface area contributed by atoms with Gasteiger partial charge in [-0.25, -0.2) is 4.79 Å². The number of anilines is 1. The highest BCUT2D eigenvalue weighted by Gasteiger charge is 2.31. The van der Waals surface area contributed by atoms with Crippen LogP contribution in [0.1, 0.15) is 10.4 Å². The second-order valence-electron chi connectivity index (χ2n) is 4.75. The number of halogens is 3. The third kappa shape index (κ3) is 3.57. The van der Waals surface area contributed by atoms with Gasteiger partial charge in [0.1, 0.15) is 5.75 Å². The molecular formula is C15H9F3N2O4. The Morgan fingerprint density at radius 1 is 1.12 bits per heavy atom. The molecule has 3 rings (SSSR count). The molecule has 0 aliphatic rings. The highest BCUT2D eigenvalue weighted by Crippen LogP contribution is 2.23. The van der Waals surface area contributed by atoms with Gasteiger partial charge in [-0.05, 0) is 42.5 Å². The highest BCUT2D eigenvalue weighted by molar-refractivity contribution is 6.04. The minimum absolute atomic E-state index is 0.144. The summed E-state index contributed by atoms with van der Waals surface area (Å²) < 4.78 is 44.8. The predicted molar refractivity (Wildman–Crippen MR) is 77.9 cm³/mol. The number of nitrogens with one attached hydrogen (secondary N) is 2. The molecule has 0 spiro atoms. The Hall–Kier alpha value is -3.23. The van der Waals surface area contributed by atoms with Crippen LogP contribution >= 0.6 is 0 Å². The Bertz CT molecular complexity index is 942. The van der Waals surface area contributed by atoms with Crippen LogP contribution in [0.4, 0.5) is 18.9 Å². The Balaban J connectivity index is 1.74. The number of hydrogen-bond donors (Lipinski definition) is 2. The average Bonchev–Trinajstić information content (AvgIpc) is 2.85. The second kappa shape index (κ2) is 5.76. The summed E-state index contributed by atoms with van der Waals surface area (Å²) >= 11 is 0. The fourth-order valence-corrected chi connectivity index (χ4v) is 2.04. The van der Waals surface area contributed by atoms with E-state index in [0.717, 1.165) is 12.1 Å². The van der Waals surface area contributed by atoms with E-state index in [1.165, 1.54) is 30.3 Å². The van der Waals surface area contributed by atoms with E-state index in [4.69, 9.17) is 4.42 Å². The molecule has 0 aliphatic carbocycles. The molecule has 124 valence electrons. The van der Waals surface area contributed by atoms with Crippen LogP contribution in [-0.2, 0) is 0 Å². The first-order valence-corrected chi connectivity index (χ1v) is 6.60. The lowest BCUT2D eigenvalue weighted by molar-refractivity contribution is -0.274. The molecule has 0 fully saturated rings. The zero-order valence-corrected chi connectivity index (χ0v) is 11.8. The van der Waals surface area contributed by atoms with Crippen molar-refractivity contribution in [2.24, 2.45) is 0 Å². The highest BCUT2D eigenvalue weighted by atomic mass is 19.4. The van der Waals surface area contributed by atoms with E-state index in [-0.39, 0.29) is 5.56 Å². The van der Waals surface area contributed by atoms with Crippen molar-refractivity contribution in [1.29, 1.82) is 0 Å². The maximum Gasteiger partial charge on any atom is 0.573 e. The fourth-order valence-electron chi connectivity index (χ4n) is 2.04. The topological polar surface area (TPSA) is 84.3 Å². The van der Waals surface area contributed by atoms with Crippen molar-refractivity contribution in [3.05, 3.63) is 58.6 Å². The third-order valence-electron chi connectivity index (χ3n) is 3.03. The van der Waals surface area contributed by atoms with E-state index >= 15 is 0 Å². The monoisotopic (exact) mass is 338 g/mol. The molecule has 24 heavy (non-hydrogen) atoms. The summed E-state index contributed by atoms with van der Waals surface area (Å²) in [4.78, 5) is 25.6. The molecule has 0 saturated carbocycles. The first-order valence-electron chi connectivity index (χ1n) is 6.60.